The van der Waals surface area contributed by atoms with Crippen LogP contribution in [0.4, 0.5) is 8.78 Å². The summed E-state index contributed by atoms with van der Waals surface area (Å²) in [7, 11) is 1.76. The zero-order valence-corrected chi connectivity index (χ0v) is 10.6. The number of benzene rings is 1. The van der Waals surface area contributed by atoms with Crippen molar-refractivity contribution in [2.24, 2.45) is 12.8 Å². The Morgan fingerprint density at radius 2 is 2.12 bits per heavy atom. The zero-order valence-electron chi connectivity index (χ0n) is 8.99. The van der Waals surface area contributed by atoms with E-state index in [1.54, 1.807) is 24.1 Å². The molecule has 0 fully saturated rings. The normalized spacial score (nSPS) is 12.8. The molecule has 0 spiro atoms. The first-order valence-corrected chi connectivity index (χ1v) is 5.67. The second-order valence-corrected chi connectivity index (χ2v) is 4.48. The number of halogens is 3. The maximum atomic E-state index is 13.4. The molecule has 2 rings (SSSR count). The lowest BCUT2D eigenvalue weighted by atomic mass is 10.0. The molecule has 2 aromatic rings. The van der Waals surface area contributed by atoms with Gasteiger partial charge in [-0.1, -0.05) is 6.07 Å². The molecule has 0 saturated carbocycles. The summed E-state index contributed by atoms with van der Waals surface area (Å²) < 4.78 is 28.0. The Hall–Kier alpha value is -1.27. The van der Waals surface area contributed by atoms with Gasteiger partial charge >= 0.3 is 0 Å². The SMILES string of the molecule is Cn1cc(C(N)c2ccc(F)c(F)c2Br)cn1. The average Bonchev–Trinajstić information content (AvgIpc) is 2.72. The van der Waals surface area contributed by atoms with Crippen LogP contribution in [0.1, 0.15) is 17.2 Å². The van der Waals surface area contributed by atoms with Gasteiger partial charge in [0.05, 0.1) is 16.7 Å². The molecule has 0 radical (unpaired) electrons. The van der Waals surface area contributed by atoms with Crippen molar-refractivity contribution in [2.75, 3.05) is 0 Å². The third-order valence-corrected chi connectivity index (χ3v) is 3.29. The summed E-state index contributed by atoms with van der Waals surface area (Å²) in [5.74, 6) is -1.83. The topological polar surface area (TPSA) is 43.8 Å². The highest BCUT2D eigenvalue weighted by Crippen LogP contribution is 2.29. The van der Waals surface area contributed by atoms with Gasteiger partial charge in [-0.3, -0.25) is 4.68 Å². The smallest absolute Gasteiger partial charge is 0.173 e. The number of hydrogen-bond acceptors (Lipinski definition) is 2. The number of rotatable bonds is 2. The Morgan fingerprint density at radius 3 is 2.71 bits per heavy atom. The van der Waals surface area contributed by atoms with Crippen molar-refractivity contribution in [3.05, 3.63) is 51.8 Å². The number of nitrogens with zero attached hydrogens (tertiary/aromatic N) is 2. The standard InChI is InChI=1S/C11H10BrF2N3/c1-17-5-6(4-16-17)11(15)7-2-3-8(13)10(14)9(7)12/h2-5,11H,15H2,1H3. The van der Waals surface area contributed by atoms with Gasteiger partial charge < -0.3 is 5.73 Å². The molecular weight excluding hydrogens is 292 g/mol. The predicted molar refractivity (Wildman–Crippen MR) is 63.3 cm³/mol. The summed E-state index contributed by atoms with van der Waals surface area (Å²) >= 11 is 3.01. The number of aryl methyl sites for hydroxylation is 1. The van der Waals surface area contributed by atoms with Crippen LogP contribution in [0.15, 0.2) is 29.0 Å². The van der Waals surface area contributed by atoms with Crippen molar-refractivity contribution in [1.82, 2.24) is 9.78 Å². The van der Waals surface area contributed by atoms with E-state index in [-0.39, 0.29) is 4.47 Å². The maximum absolute atomic E-state index is 13.4. The largest absolute Gasteiger partial charge is 0.320 e. The summed E-state index contributed by atoms with van der Waals surface area (Å²) in [4.78, 5) is 0. The number of nitrogens with two attached hydrogens (primary N) is 1. The van der Waals surface area contributed by atoms with Gasteiger partial charge in [0.25, 0.3) is 0 Å². The highest BCUT2D eigenvalue weighted by atomic mass is 79.9. The Labute approximate surface area is 105 Å². The van der Waals surface area contributed by atoms with Crippen molar-refractivity contribution >= 4 is 15.9 Å². The van der Waals surface area contributed by atoms with Crippen LogP contribution in [0.25, 0.3) is 0 Å². The van der Waals surface area contributed by atoms with Gasteiger partial charge in [-0.15, -0.1) is 0 Å². The minimum absolute atomic E-state index is 0.0499. The minimum atomic E-state index is -0.929. The van der Waals surface area contributed by atoms with E-state index < -0.39 is 17.7 Å². The van der Waals surface area contributed by atoms with E-state index >= 15 is 0 Å². The van der Waals surface area contributed by atoms with E-state index in [1.165, 1.54) is 6.07 Å². The first-order valence-electron chi connectivity index (χ1n) is 4.88. The Kier molecular flexibility index (Phi) is 3.26. The van der Waals surface area contributed by atoms with Crippen LogP contribution in [0, 0.1) is 11.6 Å². The third-order valence-electron chi connectivity index (χ3n) is 2.48. The molecule has 2 N–H and O–H groups in total. The first kappa shape index (κ1) is 12.2. The number of aromatic nitrogens is 2. The van der Waals surface area contributed by atoms with E-state index in [4.69, 9.17) is 5.73 Å². The van der Waals surface area contributed by atoms with Crippen molar-refractivity contribution in [3.63, 3.8) is 0 Å². The summed E-state index contributed by atoms with van der Waals surface area (Å²) in [6.07, 6.45) is 3.33. The molecule has 0 aliphatic rings. The van der Waals surface area contributed by atoms with Gasteiger partial charge in [0.15, 0.2) is 11.6 Å². The average molecular weight is 302 g/mol. The lowest BCUT2D eigenvalue weighted by Crippen LogP contribution is -2.12. The Balaban J connectivity index is 2.44. The summed E-state index contributed by atoms with van der Waals surface area (Å²) in [5, 5.41) is 3.99. The second kappa shape index (κ2) is 4.54. The van der Waals surface area contributed by atoms with E-state index in [1.807, 2.05) is 0 Å². The fourth-order valence-corrected chi connectivity index (χ4v) is 2.13. The molecule has 1 aromatic heterocycles. The molecule has 6 heteroatoms. The molecule has 0 amide bonds. The third kappa shape index (κ3) is 2.23. The van der Waals surface area contributed by atoms with Gasteiger partial charge in [-0.05, 0) is 27.6 Å². The molecule has 17 heavy (non-hydrogen) atoms. The van der Waals surface area contributed by atoms with Gasteiger partial charge in [0.1, 0.15) is 0 Å². The second-order valence-electron chi connectivity index (χ2n) is 3.69. The molecule has 1 aromatic carbocycles. The van der Waals surface area contributed by atoms with Crippen LogP contribution in [0.2, 0.25) is 0 Å². The van der Waals surface area contributed by atoms with Crippen LogP contribution in [0.5, 0.6) is 0 Å². The van der Waals surface area contributed by atoms with Gasteiger partial charge in [0.2, 0.25) is 0 Å². The van der Waals surface area contributed by atoms with Gasteiger partial charge in [-0.25, -0.2) is 8.78 Å². The van der Waals surface area contributed by atoms with Crippen LogP contribution in [-0.4, -0.2) is 9.78 Å². The minimum Gasteiger partial charge on any atom is -0.320 e. The maximum Gasteiger partial charge on any atom is 0.173 e. The lowest BCUT2D eigenvalue weighted by Gasteiger charge is -2.12. The number of hydrogen-bond donors (Lipinski definition) is 1. The highest BCUT2D eigenvalue weighted by molar-refractivity contribution is 9.10. The van der Waals surface area contributed by atoms with Crippen molar-refractivity contribution in [2.45, 2.75) is 6.04 Å². The molecule has 0 aliphatic heterocycles. The molecular formula is C11H10BrF2N3. The molecule has 1 atom stereocenters. The fourth-order valence-electron chi connectivity index (χ4n) is 1.56. The van der Waals surface area contributed by atoms with E-state index in [2.05, 4.69) is 21.0 Å². The predicted octanol–water partition coefficient (Wildman–Crippen LogP) is 2.51. The summed E-state index contributed by atoms with van der Waals surface area (Å²) in [6, 6.07) is 1.97. The Morgan fingerprint density at radius 1 is 1.41 bits per heavy atom. The zero-order chi connectivity index (χ0) is 12.6. The quantitative estimate of drug-likeness (QED) is 0.866. The van der Waals surface area contributed by atoms with Crippen LogP contribution in [-0.2, 0) is 7.05 Å². The molecule has 1 heterocycles. The van der Waals surface area contributed by atoms with E-state index in [9.17, 15) is 8.78 Å². The molecule has 90 valence electrons. The molecule has 0 bridgehead atoms. The summed E-state index contributed by atoms with van der Waals surface area (Å²) in [5.41, 5.74) is 7.20. The Bertz CT molecular complexity index is 554. The van der Waals surface area contributed by atoms with Crippen molar-refractivity contribution in [3.8, 4) is 0 Å². The monoisotopic (exact) mass is 301 g/mol. The van der Waals surface area contributed by atoms with Crippen molar-refractivity contribution in [1.29, 1.82) is 0 Å². The van der Waals surface area contributed by atoms with Crippen LogP contribution in [0.3, 0.4) is 0 Å². The van der Waals surface area contributed by atoms with Gasteiger partial charge in [0, 0.05) is 18.8 Å². The molecule has 0 aliphatic carbocycles. The molecule has 3 nitrogen and oxygen atoms in total. The highest BCUT2D eigenvalue weighted by Gasteiger charge is 2.18. The van der Waals surface area contributed by atoms with Crippen LogP contribution < -0.4 is 5.73 Å². The van der Waals surface area contributed by atoms with Gasteiger partial charge in [-0.2, -0.15) is 5.10 Å². The first-order chi connectivity index (χ1) is 8.00. The summed E-state index contributed by atoms with van der Waals surface area (Å²) in [6.45, 7) is 0. The van der Waals surface area contributed by atoms with Crippen molar-refractivity contribution < 1.29 is 8.78 Å². The van der Waals surface area contributed by atoms with E-state index in [0.717, 1.165) is 11.6 Å². The van der Waals surface area contributed by atoms with Crippen LogP contribution >= 0.6 is 15.9 Å². The molecule has 1 unspecified atom stereocenters. The lowest BCUT2D eigenvalue weighted by molar-refractivity contribution is 0.501. The van der Waals surface area contributed by atoms with E-state index in [0.29, 0.717) is 5.56 Å². The fraction of sp³-hybridized carbons (Fsp3) is 0.182. The molecule has 0 saturated heterocycles.